The lowest BCUT2D eigenvalue weighted by Gasteiger charge is -2.49. The maximum atomic E-state index is 5.23. The van der Waals surface area contributed by atoms with Gasteiger partial charge in [0.2, 0.25) is 0 Å². The molecule has 9 heavy (non-hydrogen) atoms. The van der Waals surface area contributed by atoms with Crippen molar-refractivity contribution in [2.45, 2.75) is 37.2 Å². The lowest BCUT2D eigenvalue weighted by Crippen LogP contribution is -2.53. The molecular formula is C7H12S2. The van der Waals surface area contributed by atoms with Crippen LogP contribution in [0.5, 0.6) is 0 Å². The summed E-state index contributed by atoms with van der Waals surface area (Å²) >= 11 is 7.19. The zero-order valence-corrected chi connectivity index (χ0v) is 7.95. The molecule has 2 heteroatoms. The summed E-state index contributed by atoms with van der Waals surface area (Å²) in [7, 11) is 0. The first kappa shape index (κ1) is 7.55. The van der Waals surface area contributed by atoms with Crippen molar-refractivity contribution in [3.63, 3.8) is 0 Å². The third-order valence-corrected chi connectivity index (χ3v) is 4.31. The van der Waals surface area contributed by atoms with Crippen LogP contribution < -0.4 is 0 Å². The van der Waals surface area contributed by atoms with E-state index in [1.807, 2.05) is 11.8 Å². The first-order valence-corrected chi connectivity index (χ1v) is 4.34. The van der Waals surface area contributed by atoms with E-state index in [2.05, 4.69) is 27.7 Å². The topological polar surface area (TPSA) is 0 Å². The van der Waals surface area contributed by atoms with Gasteiger partial charge in [-0.3, -0.25) is 0 Å². The Bertz CT molecular complexity index is 140. The largest absolute Gasteiger partial charge is 0.139 e. The highest BCUT2D eigenvalue weighted by Gasteiger charge is 2.49. The van der Waals surface area contributed by atoms with E-state index in [1.54, 1.807) is 0 Å². The lowest BCUT2D eigenvalue weighted by atomic mass is 9.96. The van der Waals surface area contributed by atoms with Gasteiger partial charge < -0.3 is 0 Å². The highest BCUT2D eigenvalue weighted by molar-refractivity contribution is 8.09. The standard InChI is InChI=1S/C7H12S2/c1-6(2)5(8)7(3,4)9-6/h1-4H3. The van der Waals surface area contributed by atoms with Gasteiger partial charge in [0.15, 0.2) is 0 Å². The fourth-order valence-corrected chi connectivity index (χ4v) is 3.48. The van der Waals surface area contributed by atoms with E-state index in [0.717, 1.165) is 0 Å². The van der Waals surface area contributed by atoms with E-state index in [0.29, 0.717) is 0 Å². The maximum absolute atomic E-state index is 5.23. The smallest absolute Gasteiger partial charge is 0.0438 e. The monoisotopic (exact) mass is 160 g/mol. The van der Waals surface area contributed by atoms with Crippen LogP contribution in [0, 0.1) is 0 Å². The van der Waals surface area contributed by atoms with Crippen molar-refractivity contribution in [2.24, 2.45) is 0 Å². The summed E-state index contributed by atoms with van der Waals surface area (Å²) in [5.74, 6) is 0. The van der Waals surface area contributed by atoms with Gasteiger partial charge in [0.25, 0.3) is 0 Å². The Labute approximate surface area is 66.4 Å². The average Bonchev–Trinajstić information content (AvgIpc) is 1.63. The Kier molecular flexibility index (Phi) is 1.45. The van der Waals surface area contributed by atoms with Crippen LogP contribution in [0.2, 0.25) is 0 Å². The van der Waals surface area contributed by atoms with E-state index < -0.39 is 0 Å². The van der Waals surface area contributed by atoms with Crippen molar-refractivity contribution < 1.29 is 0 Å². The molecule has 1 rings (SSSR count). The van der Waals surface area contributed by atoms with Gasteiger partial charge in [-0.15, -0.1) is 11.8 Å². The summed E-state index contributed by atoms with van der Waals surface area (Å²) in [6, 6.07) is 0. The molecule has 0 spiro atoms. The van der Waals surface area contributed by atoms with Crippen molar-refractivity contribution in [3.8, 4) is 0 Å². The molecule has 0 aromatic heterocycles. The molecular weight excluding hydrogens is 148 g/mol. The Morgan fingerprint density at radius 3 is 1.44 bits per heavy atom. The van der Waals surface area contributed by atoms with E-state index in [9.17, 15) is 0 Å². The summed E-state index contributed by atoms with van der Waals surface area (Å²) in [6.07, 6.45) is 0. The summed E-state index contributed by atoms with van der Waals surface area (Å²) in [5, 5.41) is 0. The van der Waals surface area contributed by atoms with E-state index in [-0.39, 0.29) is 9.49 Å². The second kappa shape index (κ2) is 1.73. The Morgan fingerprint density at radius 2 is 1.44 bits per heavy atom. The highest BCUT2D eigenvalue weighted by Crippen LogP contribution is 2.51. The molecule has 0 aromatic carbocycles. The predicted molar refractivity (Wildman–Crippen MR) is 48.3 cm³/mol. The fourth-order valence-electron chi connectivity index (χ4n) is 1.41. The Hall–Kier alpha value is 0.440. The molecule has 52 valence electrons. The molecule has 1 fully saturated rings. The molecule has 1 saturated heterocycles. The Morgan fingerprint density at radius 1 is 1.11 bits per heavy atom. The lowest BCUT2D eigenvalue weighted by molar-refractivity contribution is 0.790. The predicted octanol–water partition coefficient (Wildman–Crippen LogP) is 2.66. The number of rotatable bonds is 0. The van der Waals surface area contributed by atoms with Crippen molar-refractivity contribution in [3.05, 3.63) is 0 Å². The van der Waals surface area contributed by atoms with Crippen LogP contribution in [0.1, 0.15) is 27.7 Å². The molecule has 1 aliphatic rings. The minimum absolute atomic E-state index is 0.263. The molecule has 0 saturated carbocycles. The van der Waals surface area contributed by atoms with Crippen LogP contribution in [0.4, 0.5) is 0 Å². The van der Waals surface area contributed by atoms with Crippen molar-refractivity contribution >= 4 is 28.8 Å². The number of thioether (sulfide) groups is 1. The van der Waals surface area contributed by atoms with Crippen molar-refractivity contribution in [1.29, 1.82) is 0 Å². The molecule has 0 radical (unpaired) electrons. The Balaban J connectivity index is 2.74. The first-order valence-electron chi connectivity index (χ1n) is 3.11. The molecule has 0 aromatic rings. The number of thiocarbonyl (C=S) groups is 1. The third-order valence-electron chi connectivity index (χ3n) is 1.60. The molecule has 1 aliphatic heterocycles. The summed E-state index contributed by atoms with van der Waals surface area (Å²) < 4.78 is 0.525. The normalized spacial score (nSPS) is 29.6. The molecule has 0 bridgehead atoms. The molecule has 0 nitrogen and oxygen atoms in total. The van der Waals surface area contributed by atoms with Gasteiger partial charge in [-0.1, -0.05) is 12.2 Å². The van der Waals surface area contributed by atoms with Crippen LogP contribution >= 0.6 is 24.0 Å². The zero-order valence-electron chi connectivity index (χ0n) is 6.32. The summed E-state index contributed by atoms with van der Waals surface area (Å²) in [5.41, 5.74) is 0. The molecule has 0 aliphatic carbocycles. The number of hydrogen-bond donors (Lipinski definition) is 0. The first-order chi connectivity index (χ1) is 3.86. The minimum Gasteiger partial charge on any atom is -0.139 e. The minimum atomic E-state index is 0.263. The van der Waals surface area contributed by atoms with Crippen molar-refractivity contribution in [2.75, 3.05) is 0 Å². The molecule has 0 atom stereocenters. The van der Waals surface area contributed by atoms with Crippen LogP contribution in [-0.4, -0.2) is 14.4 Å². The molecule has 0 amide bonds. The SMILES string of the molecule is CC1(C)SC(C)(C)C1=S. The van der Waals surface area contributed by atoms with E-state index >= 15 is 0 Å². The summed E-state index contributed by atoms with van der Waals surface area (Å²) in [4.78, 5) is 1.21. The second-order valence-electron chi connectivity index (χ2n) is 3.45. The van der Waals surface area contributed by atoms with Crippen LogP contribution in [0.3, 0.4) is 0 Å². The van der Waals surface area contributed by atoms with Gasteiger partial charge in [0.1, 0.15) is 0 Å². The summed E-state index contributed by atoms with van der Waals surface area (Å²) in [6.45, 7) is 8.74. The molecule has 1 heterocycles. The average molecular weight is 160 g/mol. The van der Waals surface area contributed by atoms with E-state index in [1.165, 1.54) is 4.86 Å². The van der Waals surface area contributed by atoms with Gasteiger partial charge >= 0.3 is 0 Å². The third kappa shape index (κ3) is 1.03. The van der Waals surface area contributed by atoms with Crippen LogP contribution in [0.25, 0.3) is 0 Å². The van der Waals surface area contributed by atoms with Gasteiger partial charge in [-0.2, -0.15) is 0 Å². The van der Waals surface area contributed by atoms with Gasteiger partial charge in [-0.25, -0.2) is 0 Å². The molecule has 0 unspecified atom stereocenters. The van der Waals surface area contributed by atoms with Crippen LogP contribution in [-0.2, 0) is 0 Å². The van der Waals surface area contributed by atoms with E-state index in [4.69, 9.17) is 12.2 Å². The van der Waals surface area contributed by atoms with Crippen molar-refractivity contribution in [1.82, 2.24) is 0 Å². The van der Waals surface area contributed by atoms with Crippen LogP contribution in [0.15, 0.2) is 0 Å². The second-order valence-corrected chi connectivity index (χ2v) is 6.11. The van der Waals surface area contributed by atoms with Gasteiger partial charge in [0.05, 0.1) is 0 Å². The zero-order chi connectivity index (χ0) is 7.28. The van der Waals surface area contributed by atoms with Gasteiger partial charge in [-0.05, 0) is 27.7 Å². The maximum Gasteiger partial charge on any atom is 0.0438 e. The number of hydrogen-bond acceptors (Lipinski definition) is 2. The fraction of sp³-hybridized carbons (Fsp3) is 0.857. The van der Waals surface area contributed by atoms with Gasteiger partial charge in [0, 0.05) is 14.4 Å². The molecule has 0 N–H and O–H groups in total. The highest BCUT2D eigenvalue weighted by atomic mass is 32.2. The quantitative estimate of drug-likeness (QED) is 0.500.